The Morgan fingerprint density at radius 1 is 0.342 bits per heavy atom. The highest BCUT2D eigenvalue weighted by molar-refractivity contribution is 6.27. The fourth-order valence-electron chi connectivity index (χ4n) is 12.7. The van der Waals surface area contributed by atoms with Gasteiger partial charge in [-0.1, -0.05) is 153 Å². The molecule has 5 heteroatoms. The Hall–Kier alpha value is -9.84. The normalized spacial score (nSPS) is 12.4. The second kappa shape index (κ2) is 16.8. The number of rotatable bonds is 7. The number of furan rings is 2. The molecule has 0 spiro atoms. The van der Waals surface area contributed by atoms with Crippen LogP contribution >= 0.6 is 0 Å². The molecule has 0 aliphatic carbocycles. The zero-order chi connectivity index (χ0) is 52.8. The molecule has 0 amide bonds. The number of benzene rings is 12. The van der Waals surface area contributed by atoms with Gasteiger partial charge in [-0.25, -0.2) is 0 Å². The summed E-state index contributed by atoms with van der Waals surface area (Å²) in [6.45, 7) is 11.1. The highest BCUT2D eigenvalue weighted by atomic mass is 16.3. The van der Waals surface area contributed by atoms with Crippen LogP contribution in [0.2, 0.25) is 0 Å². The monoisotopic (exact) mass is 1020 g/mol. The average molecular weight is 1020 g/mol. The summed E-state index contributed by atoms with van der Waals surface area (Å²) >= 11 is 0. The molecule has 16 aromatic rings. The molecule has 376 valence electrons. The van der Waals surface area contributed by atoms with Gasteiger partial charge in [0.25, 0.3) is 0 Å². The molecule has 0 unspecified atom stereocenters. The average Bonchev–Trinajstić information content (AvgIpc) is 3.80. The minimum Gasteiger partial charge on any atom is -0.454 e. The number of aromatic nitrogens is 1. The summed E-state index contributed by atoms with van der Waals surface area (Å²) < 4.78 is 16.0. The van der Waals surface area contributed by atoms with Crippen molar-refractivity contribution in [2.45, 2.75) is 40.0 Å². The van der Waals surface area contributed by atoms with Gasteiger partial charge in [-0.2, -0.15) is 0 Å². The molecule has 4 aromatic heterocycles. The summed E-state index contributed by atoms with van der Waals surface area (Å²) in [7, 11) is 0. The van der Waals surface area contributed by atoms with Crippen molar-refractivity contribution in [2.75, 3.05) is 9.80 Å². The van der Waals surface area contributed by atoms with Gasteiger partial charge < -0.3 is 23.0 Å². The lowest BCUT2D eigenvalue weighted by molar-refractivity contribution is 0.590. The van der Waals surface area contributed by atoms with Crippen molar-refractivity contribution in [2.24, 2.45) is 0 Å². The summed E-state index contributed by atoms with van der Waals surface area (Å²) in [5.41, 5.74) is 19.5. The molecule has 0 atom stereocenters. The molecule has 16 rings (SSSR count). The molecule has 0 radical (unpaired) electrons. The molecule has 0 saturated heterocycles. The molecule has 79 heavy (non-hydrogen) atoms. The summed E-state index contributed by atoms with van der Waals surface area (Å²) in [5.74, 6) is 0. The summed E-state index contributed by atoms with van der Waals surface area (Å²) in [6.07, 6.45) is 0. The molecule has 12 aromatic carbocycles. The van der Waals surface area contributed by atoms with Crippen LogP contribution in [0.3, 0.4) is 0 Å². The van der Waals surface area contributed by atoms with E-state index in [4.69, 9.17) is 8.83 Å². The van der Waals surface area contributed by atoms with Gasteiger partial charge in [0.1, 0.15) is 11.2 Å². The van der Waals surface area contributed by atoms with Crippen molar-refractivity contribution in [3.8, 4) is 11.1 Å². The van der Waals surface area contributed by atoms with E-state index in [1.165, 1.54) is 76.7 Å². The molecule has 0 N–H and O–H groups in total. The molecule has 4 heterocycles. The van der Waals surface area contributed by atoms with Crippen LogP contribution in [-0.2, 0) is 5.41 Å². The third-order valence-corrected chi connectivity index (χ3v) is 16.7. The van der Waals surface area contributed by atoms with E-state index in [2.05, 4.69) is 267 Å². The van der Waals surface area contributed by atoms with Gasteiger partial charge in [-0.15, -0.1) is 0 Å². The number of nitrogens with zero attached hydrogens (tertiary/aromatic N) is 3. The van der Waals surface area contributed by atoms with Crippen molar-refractivity contribution >= 4 is 138 Å². The van der Waals surface area contributed by atoms with Crippen LogP contribution < -0.4 is 9.80 Å². The number of aryl methyl sites for hydroxylation is 2. The predicted molar refractivity (Wildman–Crippen MR) is 334 cm³/mol. The smallest absolute Gasteiger partial charge is 0.159 e. The number of para-hydroxylation sites is 4. The van der Waals surface area contributed by atoms with E-state index in [9.17, 15) is 0 Å². The standard InChI is InChI=1S/C74H53N3O2/c1-44-20-30-53(31-21-44)75(65-16-10-14-59-57-12-6-8-18-69(57)78-72(59)65)55-34-26-47-38-61-63-40-51(46-24-28-52(29-25-46)74(3,4)5)41-64-62-39-48-27-35-56(37-50(48)43-68(62)77(71(63)64)67(61)42-49(47)36-55)76(54-32-22-45(2)23-33-54)66-17-11-15-60-58-13-7-9-19-70(58)79-73(60)66/h6-43H,1-5H3. The molecule has 0 saturated carbocycles. The van der Waals surface area contributed by atoms with E-state index in [-0.39, 0.29) is 5.41 Å². The Bertz CT molecular complexity index is 4840. The van der Waals surface area contributed by atoms with E-state index in [0.717, 1.165) is 88.8 Å². The van der Waals surface area contributed by atoms with E-state index >= 15 is 0 Å². The van der Waals surface area contributed by atoms with Gasteiger partial charge in [-0.3, -0.25) is 0 Å². The lowest BCUT2D eigenvalue weighted by Crippen LogP contribution is -2.10. The zero-order valence-corrected chi connectivity index (χ0v) is 44.6. The molecule has 0 aliphatic rings. The van der Waals surface area contributed by atoms with E-state index in [1.54, 1.807) is 0 Å². The van der Waals surface area contributed by atoms with Crippen LogP contribution in [0.15, 0.2) is 239 Å². The van der Waals surface area contributed by atoms with Crippen LogP contribution in [0.5, 0.6) is 0 Å². The molecule has 0 fully saturated rings. The van der Waals surface area contributed by atoms with Crippen molar-refractivity contribution in [1.29, 1.82) is 0 Å². The summed E-state index contributed by atoms with van der Waals surface area (Å²) in [4.78, 5) is 4.70. The van der Waals surface area contributed by atoms with Crippen LogP contribution in [0.25, 0.3) is 115 Å². The van der Waals surface area contributed by atoms with Crippen molar-refractivity contribution in [3.63, 3.8) is 0 Å². The Morgan fingerprint density at radius 2 is 0.785 bits per heavy atom. The quantitative estimate of drug-likeness (QED) is 0.159. The van der Waals surface area contributed by atoms with Crippen LogP contribution in [-0.4, -0.2) is 4.40 Å². The fraction of sp³-hybridized carbons (Fsp3) is 0.0811. The highest BCUT2D eigenvalue weighted by Crippen LogP contribution is 2.48. The van der Waals surface area contributed by atoms with Crippen molar-refractivity contribution in [3.05, 3.63) is 247 Å². The van der Waals surface area contributed by atoms with Crippen LogP contribution in [0.4, 0.5) is 34.1 Å². The number of fused-ring (bicyclic) bond motifs is 14. The van der Waals surface area contributed by atoms with E-state index in [1.807, 2.05) is 12.1 Å². The van der Waals surface area contributed by atoms with Crippen molar-refractivity contribution in [1.82, 2.24) is 4.40 Å². The van der Waals surface area contributed by atoms with E-state index in [0.29, 0.717) is 0 Å². The first-order valence-corrected chi connectivity index (χ1v) is 27.4. The maximum Gasteiger partial charge on any atom is 0.159 e. The number of hydrogen-bond acceptors (Lipinski definition) is 4. The number of anilines is 6. The van der Waals surface area contributed by atoms with Gasteiger partial charge in [0.15, 0.2) is 11.2 Å². The Kier molecular flexibility index (Phi) is 9.66. The first kappa shape index (κ1) is 45.4. The van der Waals surface area contributed by atoms with Gasteiger partial charge in [0, 0.05) is 65.8 Å². The van der Waals surface area contributed by atoms with Gasteiger partial charge >= 0.3 is 0 Å². The first-order valence-electron chi connectivity index (χ1n) is 27.4. The van der Waals surface area contributed by atoms with Crippen molar-refractivity contribution < 1.29 is 8.83 Å². The largest absolute Gasteiger partial charge is 0.454 e. The lowest BCUT2D eigenvalue weighted by Gasteiger charge is -2.26. The van der Waals surface area contributed by atoms with E-state index < -0.39 is 0 Å². The third-order valence-electron chi connectivity index (χ3n) is 16.7. The molecule has 5 nitrogen and oxygen atoms in total. The van der Waals surface area contributed by atoms with Crippen LogP contribution in [0, 0.1) is 13.8 Å². The second-order valence-corrected chi connectivity index (χ2v) is 22.7. The lowest BCUT2D eigenvalue weighted by atomic mass is 9.86. The highest BCUT2D eigenvalue weighted by Gasteiger charge is 2.25. The minimum absolute atomic E-state index is 0.0562. The number of hydrogen-bond donors (Lipinski definition) is 0. The Morgan fingerprint density at radius 3 is 1.25 bits per heavy atom. The molecule has 0 bridgehead atoms. The Labute approximate surface area is 456 Å². The van der Waals surface area contributed by atoms with Gasteiger partial charge in [0.05, 0.1) is 27.9 Å². The third kappa shape index (κ3) is 7.02. The fourth-order valence-corrected chi connectivity index (χ4v) is 12.7. The SMILES string of the molecule is Cc1ccc(N(c2ccc3cc4c5cc(-c6ccc(C(C)(C)C)cc6)cc6c7cc8ccc(N(c9ccc(C)cc9)c9cccc%10c9oc9ccccc9%10)cc8cc7n(c4cc3c2)c56)c2cccc3c2oc2ccccc23)cc1. The maximum atomic E-state index is 6.72. The second-order valence-electron chi connectivity index (χ2n) is 22.7. The topological polar surface area (TPSA) is 37.2 Å². The molecule has 0 aliphatic heterocycles. The Balaban J connectivity index is 0.932. The summed E-state index contributed by atoms with van der Waals surface area (Å²) in [6, 6.07) is 84.9. The zero-order valence-electron chi connectivity index (χ0n) is 44.6. The maximum absolute atomic E-state index is 6.72. The first-order chi connectivity index (χ1) is 38.6. The summed E-state index contributed by atoms with van der Waals surface area (Å²) in [5, 5.41) is 14.1. The minimum atomic E-state index is 0.0562. The predicted octanol–water partition coefficient (Wildman–Crippen LogP) is 21.5. The van der Waals surface area contributed by atoms with Gasteiger partial charge in [0.2, 0.25) is 0 Å². The van der Waals surface area contributed by atoms with Crippen LogP contribution in [0.1, 0.15) is 37.5 Å². The molecular weight excluding hydrogens is 963 g/mol. The molecular formula is C74H53N3O2. The van der Waals surface area contributed by atoms with Gasteiger partial charge in [-0.05, 0) is 167 Å².